The number of aromatic nitrogens is 4. The first-order chi connectivity index (χ1) is 11.4. The fourth-order valence-corrected chi connectivity index (χ4v) is 2.71. The van der Waals surface area contributed by atoms with Gasteiger partial charge >= 0.3 is 6.18 Å². The molecule has 2 aromatic heterocycles. The number of nitrogens with zero attached hydrogens (tertiary/aromatic N) is 5. The third kappa shape index (κ3) is 3.26. The van der Waals surface area contributed by atoms with Crippen molar-refractivity contribution in [3.63, 3.8) is 0 Å². The Morgan fingerprint density at radius 1 is 1.21 bits per heavy atom. The van der Waals surface area contributed by atoms with E-state index in [1.807, 2.05) is 0 Å². The highest BCUT2D eigenvalue weighted by Crippen LogP contribution is 2.27. The average Bonchev–Trinajstić information content (AvgIpc) is 2.98. The van der Waals surface area contributed by atoms with Crippen molar-refractivity contribution in [2.24, 2.45) is 0 Å². The fraction of sp³-hybridized carbons (Fsp3) is 0.571. The SMILES string of the molecule is C[C@H](Nc1ccc2nnc(C(F)(F)F)n2n1)C(=O)N1CCCCC1. The minimum atomic E-state index is -4.65. The normalized spacial score (nSPS) is 17.1. The van der Waals surface area contributed by atoms with E-state index in [2.05, 4.69) is 20.6 Å². The Hall–Kier alpha value is -2.39. The molecule has 3 rings (SSSR count). The molecule has 3 heterocycles. The Labute approximate surface area is 135 Å². The molecule has 24 heavy (non-hydrogen) atoms. The van der Waals surface area contributed by atoms with E-state index in [-0.39, 0.29) is 17.4 Å². The van der Waals surface area contributed by atoms with E-state index >= 15 is 0 Å². The zero-order valence-electron chi connectivity index (χ0n) is 13.0. The smallest absolute Gasteiger partial charge is 0.357 e. The fourth-order valence-electron chi connectivity index (χ4n) is 2.71. The van der Waals surface area contributed by atoms with Crippen LogP contribution in [0.3, 0.4) is 0 Å². The van der Waals surface area contributed by atoms with Gasteiger partial charge < -0.3 is 10.2 Å². The quantitative estimate of drug-likeness (QED) is 0.923. The lowest BCUT2D eigenvalue weighted by Gasteiger charge is -2.29. The highest BCUT2D eigenvalue weighted by molar-refractivity contribution is 5.84. The Morgan fingerprint density at radius 2 is 1.92 bits per heavy atom. The van der Waals surface area contributed by atoms with Gasteiger partial charge in [-0.15, -0.1) is 15.3 Å². The number of carbonyl (C=O) groups excluding carboxylic acids is 1. The van der Waals surface area contributed by atoms with Gasteiger partial charge in [0.2, 0.25) is 5.91 Å². The molecule has 0 unspecified atom stereocenters. The zero-order chi connectivity index (χ0) is 17.3. The van der Waals surface area contributed by atoms with Gasteiger partial charge in [-0.2, -0.15) is 17.7 Å². The van der Waals surface area contributed by atoms with Gasteiger partial charge in [-0.1, -0.05) is 0 Å². The molecule has 1 N–H and O–H groups in total. The lowest BCUT2D eigenvalue weighted by Crippen LogP contribution is -2.44. The molecule has 7 nitrogen and oxygen atoms in total. The van der Waals surface area contributed by atoms with E-state index in [1.165, 1.54) is 12.1 Å². The second kappa shape index (κ2) is 6.25. The first-order valence-electron chi connectivity index (χ1n) is 7.71. The largest absolute Gasteiger partial charge is 0.453 e. The molecule has 1 aliphatic rings. The van der Waals surface area contributed by atoms with Crippen LogP contribution in [0.4, 0.5) is 19.0 Å². The molecule has 0 aromatic carbocycles. The summed E-state index contributed by atoms with van der Waals surface area (Å²) in [7, 11) is 0. The van der Waals surface area contributed by atoms with E-state index in [0.29, 0.717) is 17.6 Å². The number of carbonyl (C=O) groups is 1. The highest BCUT2D eigenvalue weighted by atomic mass is 19.4. The summed E-state index contributed by atoms with van der Waals surface area (Å²) in [6, 6.07) is 2.26. The van der Waals surface area contributed by atoms with Crippen molar-refractivity contribution in [2.45, 2.75) is 38.4 Å². The molecule has 10 heteroatoms. The molecular weight excluding hydrogens is 325 g/mol. The molecule has 1 amide bonds. The van der Waals surface area contributed by atoms with Crippen LogP contribution in [0.25, 0.3) is 5.65 Å². The van der Waals surface area contributed by atoms with Gasteiger partial charge in [-0.3, -0.25) is 4.79 Å². The molecule has 0 bridgehead atoms. The lowest BCUT2D eigenvalue weighted by molar-refractivity contribution is -0.146. The minimum absolute atomic E-state index is 0.0112. The predicted molar refractivity (Wildman–Crippen MR) is 79.3 cm³/mol. The number of piperidine rings is 1. The van der Waals surface area contributed by atoms with Crippen molar-refractivity contribution < 1.29 is 18.0 Å². The summed E-state index contributed by atoms with van der Waals surface area (Å²) in [4.78, 5) is 14.1. The molecule has 1 saturated heterocycles. The number of anilines is 1. The lowest BCUT2D eigenvalue weighted by atomic mass is 10.1. The zero-order valence-corrected chi connectivity index (χ0v) is 13.0. The molecule has 0 spiro atoms. The van der Waals surface area contributed by atoms with Crippen LogP contribution in [0.15, 0.2) is 12.1 Å². The summed E-state index contributed by atoms with van der Waals surface area (Å²) in [6.07, 6.45) is -1.60. The van der Waals surface area contributed by atoms with Crippen LogP contribution in [0.1, 0.15) is 32.0 Å². The van der Waals surface area contributed by atoms with Crippen LogP contribution in [-0.2, 0) is 11.0 Å². The summed E-state index contributed by atoms with van der Waals surface area (Å²) < 4.78 is 39.2. The van der Waals surface area contributed by atoms with Crippen molar-refractivity contribution in [3.8, 4) is 0 Å². The average molecular weight is 342 g/mol. The Bertz CT molecular complexity index is 738. The predicted octanol–water partition coefficient (Wildman–Crippen LogP) is 1.96. The van der Waals surface area contributed by atoms with E-state index < -0.39 is 18.0 Å². The molecule has 130 valence electrons. The number of amides is 1. The number of likely N-dealkylation sites (tertiary alicyclic amines) is 1. The van der Waals surface area contributed by atoms with Crippen molar-refractivity contribution in [1.29, 1.82) is 0 Å². The second-order valence-corrected chi connectivity index (χ2v) is 5.76. The van der Waals surface area contributed by atoms with Crippen LogP contribution in [0.5, 0.6) is 0 Å². The molecule has 1 atom stereocenters. The van der Waals surface area contributed by atoms with E-state index in [1.54, 1.807) is 11.8 Å². The number of hydrogen-bond acceptors (Lipinski definition) is 5. The molecule has 2 aromatic rings. The third-order valence-electron chi connectivity index (χ3n) is 3.92. The second-order valence-electron chi connectivity index (χ2n) is 5.76. The monoisotopic (exact) mass is 342 g/mol. The van der Waals surface area contributed by atoms with Gasteiger partial charge in [-0.25, -0.2) is 0 Å². The molecule has 0 aliphatic carbocycles. The molecular formula is C14H17F3N6O. The van der Waals surface area contributed by atoms with Crippen molar-refractivity contribution in [3.05, 3.63) is 18.0 Å². The number of rotatable bonds is 3. The summed E-state index contributed by atoms with van der Waals surface area (Å²) in [5, 5.41) is 13.3. The minimum Gasteiger partial charge on any atom is -0.357 e. The van der Waals surface area contributed by atoms with Crippen molar-refractivity contribution >= 4 is 17.4 Å². The maximum absolute atomic E-state index is 12.9. The van der Waals surface area contributed by atoms with E-state index in [9.17, 15) is 18.0 Å². The van der Waals surface area contributed by atoms with Gasteiger partial charge in [0.1, 0.15) is 11.9 Å². The topological polar surface area (TPSA) is 75.4 Å². The van der Waals surface area contributed by atoms with Gasteiger partial charge in [0.05, 0.1) is 0 Å². The maximum atomic E-state index is 12.9. The highest BCUT2D eigenvalue weighted by Gasteiger charge is 2.37. The number of alkyl halides is 3. The maximum Gasteiger partial charge on any atom is 0.453 e. The number of fused-ring (bicyclic) bond motifs is 1. The summed E-state index contributed by atoms with van der Waals surface area (Å²) in [5.41, 5.74) is -0.0112. The van der Waals surface area contributed by atoms with Gasteiger partial charge in [0.15, 0.2) is 5.65 Å². The first kappa shape index (κ1) is 16.5. The van der Waals surface area contributed by atoms with Crippen molar-refractivity contribution in [2.75, 3.05) is 18.4 Å². The number of nitrogens with one attached hydrogen (secondary N) is 1. The molecule has 0 saturated carbocycles. The first-order valence-corrected chi connectivity index (χ1v) is 7.71. The van der Waals surface area contributed by atoms with Crippen LogP contribution < -0.4 is 5.32 Å². The Morgan fingerprint density at radius 3 is 2.58 bits per heavy atom. The standard InChI is InChI=1S/C14H17F3N6O/c1-9(12(24)22-7-3-2-4-8-22)18-10-5-6-11-19-20-13(14(15,16)17)23(11)21-10/h5-6,9H,2-4,7-8H2,1H3,(H,18,21)/t9-/m0/s1. The van der Waals surface area contributed by atoms with Crippen LogP contribution in [0.2, 0.25) is 0 Å². The van der Waals surface area contributed by atoms with Gasteiger partial charge in [0, 0.05) is 13.1 Å². The molecule has 0 radical (unpaired) electrons. The van der Waals surface area contributed by atoms with Gasteiger partial charge in [0.25, 0.3) is 5.82 Å². The summed E-state index contributed by atoms with van der Waals surface area (Å²) in [6.45, 7) is 3.08. The van der Waals surface area contributed by atoms with Gasteiger partial charge in [-0.05, 0) is 38.3 Å². The third-order valence-corrected chi connectivity index (χ3v) is 3.92. The van der Waals surface area contributed by atoms with E-state index in [4.69, 9.17) is 0 Å². The number of hydrogen-bond donors (Lipinski definition) is 1. The van der Waals surface area contributed by atoms with Crippen LogP contribution >= 0.6 is 0 Å². The summed E-state index contributed by atoms with van der Waals surface area (Å²) >= 11 is 0. The molecule has 1 aliphatic heterocycles. The number of halogens is 3. The van der Waals surface area contributed by atoms with Crippen LogP contribution in [0, 0.1) is 0 Å². The molecule has 1 fully saturated rings. The Balaban J connectivity index is 1.78. The van der Waals surface area contributed by atoms with E-state index in [0.717, 1.165) is 19.3 Å². The van der Waals surface area contributed by atoms with Crippen LogP contribution in [-0.4, -0.2) is 49.7 Å². The Kier molecular flexibility index (Phi) is 4.29. The summed E-state index contributed by atoms with van der Waals surface area (Å²) in [5.74, 6) is -1.13. The van der Waals surface area contributed by atoms with Crippen molar-refractivity contribution in [1.82, 2.24) is 24.7 Å².